The van der Waals surface area contributed by atoms with Gasteiger partial charge in [0.25, 0.3) is 5.91 Å². The second kappa shape index (κ2) is 6.56. The fraction of sp³-hybridized carbons (Fsp3) is 0.125. The van der Waals surface area contributed by atoms with E-state index in [1.165, 1.54) is 14.0 Å². The smallest absolute Gasteiger partial charge is 0.259 e. The van der Waals surface area contributed by atoms with Crippen molar-refractivity contribution in [2.24, 2.45) is 0 Å². The maximum atomic E-state index is 12.3. The Balaban J connectivity index is 2.27. The molecule has 0 bridgehead atoms. The van der Waals surface area contributed by atoms with E-state index in [0.717, 1.165) is 0 Å². The molecular weight excluding hydrogens is 268 g/mol. The summed E-state index contributed by atoms with van der Waals surface area (Å²) < 4.78 is 5.19. The van der Waals surface area contributed by atoms with Crippen LogP contribution < -0.4 is 15.4 Å². The molecule has 108 valence electrons. The van der Waals surface area contributed by atoms with Crippen molar-refractivity contribution in [3.8, 4) is 5.75 Å². The lowest BCUT2D eigenvalue weighted by Crippen LogP contribution is -2.14. The maximum absolute atomic E-state index is 12.3. The second-order valence-electron chi connectivity index (χ2n) is 4.42. The van der Waals surface area contributed by atoms with Gasteiger partial charge in [0.1, 0.15) is 5.75 Å². The summed E-state index contributed by atoms with van der Waals surface area (Å²) in [6.45, 7) is 1.41. The van der Waals surface area contributed by atoms with Gasteiger partial charge in [0.05, 0.1) is 12.7 Å². The van der Waals surface area contributed by atoms with Crippen molar-refractivity contribution >= 4 is 23.2 Å². The number of benzene rings is 2. The number of carbonyl (C=O) groups is 2. The van der Waals surface area contributed by atoms with Gasteiger partial charge in [-0.05, 0) is 30.3 Å². The number of anilines is 2. The fourth-order valence-electron chi connectivity index (χ4n) is 1.89. The molecule has 0 atom stereocenters. The third-order valence-corrected chi connectivity index (χ3v) is 2.80. The summed E-state index contributed by atoms with van der Waals surface area (Å²) in [5.74, 6) is -0.0580. The zero-order valence-electron chi connectivity index (χ0n) is 11.8. The van der Waals surface area contributed by atoms with Crippen LogP contribution in [-0.4, -0.2) is 18.9 Å². The number of rotatable bonds is 4. The second-order valence-corrected chi connectivity index (χ2v) is 4.42. The number of nitrogens with one attached hydrogen (secondary N) is 2. The van der Waals surface area contributed by atoms with Gasteiger partial charge in [0.2, 0.25) is 5.91 Å². The average Bonchev–Trinajstić information content (AvgIpc) is 2.47. The van der Waals surface area contributed by atoms with Gasteiger partial charge in [-0.15, -0.1) is 0 Å². The van der Waals surface area contributed by atoms with Crippen LogP contribution in [0.1, 0.15) is 17.3 Å². The summed E-state index contributed by atoms with van der Waals surface area (Å²) in [4.78, 5) is 23.4. The molecule has 0 heterocycles. The Hall–Kier alpha value is -2.82. The fourth-order valence-corrected chi connectivity index (χ4v) is 1.89. The summed E-state index contributed by atoms with van der Waals surface area (Å²) in [5.41, 5.74) is 1.59. The Morgan fingerprint density at radius 1 is 0.952 bits per heavy atom. The van der Waals surface area contributed by atoms with Crippen LogP contribution in [0.3, 0.4) is 0 Å². The number of methoxy groups -OCH3 is 1. The molecule has 2 aromatic rings. The number of hydrogen-bond acceptors (Lipinski definition) is 3. The van der Waals surface area contributed by atoms with Crippen molar-refractivity contribution in [3.05, 3.63) is 54.1 Å². The van der Waals surface area contributed by atoms with E-state index >= 15 is 0 Å². The SMILES string of the molecule is COc1ccc(NC(C)=O)cc1C(=O)Nc1ccccc1. The molecule has 0 saturated heterocycles. The highest BCUT2D eigenvalue weighted by molar-refractivity contribution is 6.07. The van der Waals surface area contributed by atoms with Crippen LogP contribution in [0.2, 0.25) is 0 Å². The Bertz CT molecular complexity index is 654. The first-order valence-corrected chi connectivity index (χ1v) is 6.42. The lowest BCUT2D eigenvalue weighted by atomic mass is 10.1. The summed E-state index contributed by atoms with van der Waals surface area (Å²) in [6, 6.07) is 14.0. The van der Waals surface area contributed by atoms with Gasteiger partial charge in [-0.1, -0.05) is 18.2 Å². The molecular formula is C16H16N2O3. The summed E-state index contributed by atoms with van der Waals surface area (Å²) in [5, 5.41) is 5.42. The lowest BCUT2D eigenvalue weighted by molar-refractivity contribution is -0.114. The highest BCUT2D eigenvalue weighted by Crippen LogP contribution is 2.23. The molecule has 2 N–H and O–H groups in total. The van der Waals surface area contributed by atoms with E-state index in [-0.39, 0.29) is 11.8 Å². The molecule has 0 saturated carbocycles. The predicted molar refractivity (Wildman–Crippen MR) is 81.7 cm³/mol. The lowest BCUT2D eigenvalue weighted by Gasteiger charge is -2.11. The molecule has 0 radical (unpaired) electrons. The molecule has 2 amide bonds. The summed E-state index contributed by atoms with van der Waals surface area (Å²) in [6.07, 6.45) is 0. The molecule has 0 aliphatic heterocycles. The van der Waals surface area contributed by atoms with Gasteiger partial charge in [0, 0.05) is 18.3 Å². The zero-order valence-corrected chi connectivity index (χ0v) is 11.8. The van der Waals surface area contributed by atoms with Gasteiger partial charge in [-0.25, -0.2) is 0 Å². The third kappa shape index (κ3) is 3.82. The molecule has 2 aromatic carbocycles. The topological polar surface area (TPSA) is 67.4 Å². The number of para-hydroxylation sites is 1. The van der Waals surface area contributed by atoms with E-state index < -0.39 is 0 Å². The maximum Gasteiger partial charge on any atom is 0.259 e. The molecule has 0 unspecified atom stereocenters. The van der Waals surface area contributed by atoms with E-state index in [1.807, 2.05) is 18.2 Å². The van der Waals surface area contributed by atoms with Gasteiger partial charge in [-0.3, -0.25) is 9.59 Å². The Morgan fingerprint density at radius 2 is 1.67 bits per heavy atom. The van der Waals surface area contributed by atoms with Crippen LogP contribution >= 0.6 is 0 Å². The quantitative estimate of drug-likeness (QED) is 0.907. The summed E-state index contributed by atoms with van der Waals surface area (Å²) in [7, 11) is 1.49. The largest absolute Gasteiger partial charge is 0.496 e. The van der Waals surface area contributed by atoms with E-state index in [4.69, 9.17) is 4.74 Å². The van der Waals surface area contributed by atoms with E-state index in [9.17, 15) is 9.59 Å². The summed E-state index contributed by atoms with van der Waals surface area (Å²) >= 11 is 0. The molecule has 0 aliphatic rings. The van der Waals surface area contributed by atoms with Crippen LogP contribution in [0.15, 0.2) is 48.5 Å². The monoisotopic (exact) mass is 284 g/mol. The highest BCUT2D eigenvalue weighted by Gasteiger charge is 2.13. The molecule has 0 spiro atoms. The Kier molecular flexibility index (Phi) is 4.56. The number of carbonyl (C=O) groups excluding carboxylic acids is 2. The normalized spacial score (nSPS) is 9.81. The van der Waals surface area contributed by atoms with Crippen molar-refractivity contribution in [3.63, 3.8) is 0 Å². The van der Waals surface area contributed by atoms with Gasteiger partial charge in [0.15, 0.2) is 0 Å². The molecule has 2 rings (SSSR count). The standard InChI is InChI=1S/C16H16N2O3/c1-11(19)17-13-8-9-15(21-2)14(10-13)16(20)18-12-6-4-3-5-7-12/h3-10H,1-2H3,(H,17,19)(H,18,20). The minimum atomic E-state index is -0.301. The zero-order chi connectivity index (χ0) is 15.2. The molecule has 5 nitrogen and oxygen atoms in total. The van der Waals surface area contributed by atoms with Crippen molar-refractivity contribution in [1.82, 2.24) is 0 Å². The van der Waals surface area contributed by atoms with Gasteiger partial charge in [-0.2, -0.15) is 0 Å². The van der Waals surface area contributed by atoms with Gasteiger partial charge < -0.3 is 15.4 Å². The van der Waals surface area contributed by atoms with E-state index in [0.29, 0.717) is 22.7 Å². The number of hydrogen-bond donors (Lipinski definition) is 2. The molecule has 0 fully saturated rings. The van der Waals surface area contributed by atoms with E-state index in [2.05, 4.69) is 10.6 Å². The van der Waals surface area contributed by atoms with Crippen LogP contribution in [0.4, 0.5) is 11.4 Å². The van der Waals surface area contributed by atoms with Crippen LogP contribution in [-0.2, 0) is 4.79 Å². The molecule has 0 aromatic heterocycles. The van der Waals surface area contributed by atoms with Crippen molar-refractivity contribution in [1.29, 1.82) is 0 Å². The number of amides is 2. The van der Waals surface area contributed by atoms with Crippen LogP contribution in [0.25, 0.3) is 0 Å². The van der Waals surface area contributed by atoms with Crippen molar-refractivity contribution < 1.29 is 14.3 Å². The molecule has 5 heteroatoms. The Morgan fingerprint density at radius 3 is 2.29 bits per heavy atom. The third-order valence-electron chi connectivity index (χ3n) is 2.80. The van der Waals surface area contributed by atoms with E-state index in [1.54, 1.807) is 30.3 Å². The first-order valence-electron chi connectivity index (χ1n) is 6.42. The minimum absolute atomic E-state index is 0.199. The highest BCUT2D eigenvalue weighted by atomic mass is 16.5. The minimum Gasteiger partial charge on any atom is -0.496 e. The van der Waals surface area contributed by atoms with Crippen molar-refractivity contribution in [2.45, 2.75) is 6.92 Å². The predicted octanol–water partition coefficient (Wildman–Crippen LogP) is 2.91. The average molecular weight is 284 g/mol. The molecule has 21 heavy (non-hydrogen) atoms. The first-order chi connectivity index (χ1) is 10.1. The van der Waals surface area contributed by atoms with Crippen LogP contribution in [0, 0.1) is 0 Å². The van der Waals surface area contributed by atoms with Gasteiger partial charge >= 0.3 is 0 Å². The van der Waals surface area contributed by atoms with Crippen LogP contribution in [0.5, 0.6) is 5.75 Å². The number of ether oxygens (including phenoxy) is 1. The molecule has 0 aliphatic carbocycles. The first kappa shape index (κ1) is 14.6. The van der Waals surface area contributed by atoms with Crippen molar-refractivity contribution in [2.75, 3.05) is 17.7 Å². The Labute approximate surface area is 122 Å².